The van der Waals surface area contributed by atoms with Crippen molar-refractivity contribution in [2.24, 2.45) is 5.92 Å². The van der Waals surface area contributed by atoms with Gasteiger partial charge in [0.1, 0.15) is 0 Å². The highest BCUT2D eigenvalue weighted by Gasteiger charge is 2.21. The van der Waals surface area contributed by atoms with Gasteiger partial charge < -0.3 is 9.84 Å². The van der Waals surface area contributed by atoms with Gasteiger partial charge >= 0.3 is 0 Å². The molecule has 5 heteroatoms. The molecule has 18 heavy (non-hydrogen) atoms. The normalized spacial score (nSPS) is 19.2. The summed E-state index contributed by atoms with van der Waals surface area (Å²) in [5.41, 5.74) is 1.76. The molecular weight excluding hydrogens is 230 g/mol. The van der Waals surface area contributed by atoms with Crippen molar-refractivity contribution in [3.05, 3.63) is 30.4 Å². The number of hydrogen-bond donors (Lipinski definition) is 1. The van der Waals surface area contributed by atoms with Crippen LogP contribution < -0.4 is 0 Å². The molecule has 5 nitrogen and oxygen atoms in total. The lowest BCUT2D eigenvalue weighted by atomic mass is 9.91. The van der Waals surface area contributed by atoms with E-state index in [-0.39, 0.29) is 0 Å². The number of aliphatic hydroxyl groups excluding tert-OH is 1. The van der Waals surface area contributed by atoms with Crippen LogP contribution in [0.2, 0.25) is 0 Å². The maximum atomic E-state index is 10.3. The van der Waals surface area contributed by atoms with Gasteiger partial charge in [-0.15, -0.1) is 0 Å². The van der Waals surface area contributed by atoms with Crippen molar-refractivity contribution in [3.8, 4) is 0 Å². The summed E-state index contributed by atoms with van der Waals surface area (Å²) in [6.07, 6.45) is 9.35. The number of nitrogens with zero attached hydrogens (tertiary/aromatic N) is 3. The summed E-state index contributed by atoms with van der Waals surface area (Å²) in [4.78, 5) is 4.08. The molecular formula is C13H17N3O2. The second-order valence-electron chi connectivity index (χ2n) is 4.81. The predicted octanol–water partition coefficient (Wildman–Crippen LogP) is 1.58. The molecule has 1 saturated heterocycles. The zero-order valence-electron chi connectivity index (χ0n) is 10.2. The summed E-state index contributed by atoms with van der Waals surface area (Å²) >= 11 is 0. The van der Waals surface area contributed by atoms with E-state index in [4.69, 9.17) is 4.74 Å². The summed E-state index contributed by atoms with van der Waals surface area (Å²) in [6, 6.07) is 0. The first kappa shape index (κ1) is 11.6. The summed E-state index contributed by atoms with van der Waals surface area (Å²) < 4.78 is 7.08. The van der Waals surface area contributed by atoms with Gasteiger partial charge in [0.15, 0.2) is 0 Å². The summed E-state index contributed by atoms with van der Waals surface area (Å²) in [7, 11) is 0. The molecule has 1 aliphatic heterocycles. The Morgan fingerprint density at radius 2 is 2.22 bits per heavy atom. The fourth-order valence-corrected chi connectivity index (χ4v) is 2.53. The molecule has 1 fully saturated rings. The van der Waals surface area contributed by atoms with Gasteiger partial charge in [-0.1, -0.05) is 0 Å². The molecule has 96 valence electrons. The van der Waals surface area contributed by atoms with E-state index in [1.165, 1.54) is 0 Å². The molecule has 0 spiro atoms. The third-order valence-corrected chi connectivity index (χ3v) is 3.61. The second-order valence-corrected chi connectivity index (χ2v) is 4.81. The fourth-order valence-electron chi connectivity index (χ4n) is 2.53. The van der Waals surface area contributed by atoms with E-state index in [2.05, 4.69) is 10.1 Å². The van der Waals surface area contributed by atoms with E-state index in [0.29, 0.717) is 5.92 Å². The van der Waals surface area contributed by atoms with Crippen LogP contribution in [0.3, 0.4) is 0 Å². The Morgan fingerprint density at radius 1 is 1.39 bits per heavy atom. The molecule has 2 aromatic rings. The molecule has 3 heterocycles. The minimum absolute atomic E-state index is 0.463. The summed E-state index contributed by atoms with van der Waals surface area (Å²) in [5.74, 6) is 0.542. The van der Waals surface area contributed by atoms with E-state index in [0.717, 1.165) is 43.6 Å². The third kappa shape index (κ3) is 2.23. The lowest BCUT2D eigenvalue weighted by Crippen LogP contribution is -2.18. The zero-order valence-corrected chi connectivity index (χ0v) is 10.2. The monoisotopic (exact) mass is 247 g/mol. The van der Waals surface area contributed by atoms with Gasteiger partial charge in [0.25, 0.3) is 0 Å². The van der Waals surface area contributed by atoms with Gasteiger partial charge in [-0.25, -0.2) is 4.52 Å². The molecule has 2 aromatic heterocycles. The van der Waals surface area contributed by atoms with Gasteiger partial charge in [0, 0.05) is 31.2 Å². The lowest BCUT2D eigenvalue weighted by Gasteiger charge is -2.23. The Bertz CT molecular complexity index is 520. The molecule has 0 aromatic carbocycles. The van der Waals surface area contributed by atoms with Crippen LogP contribution in [0.1, 0.15) is 30.9 Å². The number of aliphatic hydroxyl groups is 1. The van der Waals surface area contributed by atoms with Crippen LogP contribution in [0.4, 0.5) is 0 Å². The molecule has 0 bridgehead atoms. The molecule has 0 aliphatic carbocycles. The van der Waals surface area contributed by atoms with Crippen molar-refractivity contribution in [1.82, 2.24) is 14.6 Å². The minimum Gasteiger partial charge on any atom is -0.388 e. The molecule has 3 rings (SSSR count). The summed E-state index contributed by atoms with van der Waals surface area (Å²) in [5, 5.41) is 14.6. The van der Waals surface area contributed by atoms with E-state index >= 15 is 0 Å². The van der Waals surface area contributed by atoms with Crippen molar-refractivity contribution in [2.75, 3.05) is 13.2 Å². The van der Waals surface area contributed by atoms with Gasteiger partial charge in [0.2, 0.25) is 0 Å². The Kier molecular flexibility index (Phi) is 3.25. The average molecular weight is 247 g/mol. The van der Waals surface area contributed by atoms with E-state index in [1.54, 1.807) is 29.3 Å². The fraction of sp³-hybridized carbons (Fsp3) is 0.538. The maximum Gasteiger partial charge on any atom is 0.0902 e. The van der Waals surface area contributed by atoms with E-state index in [1.807, 2.05) is 0 Å². The van der Waals surface area contributed by atoms with Crippen LogP contribution in [-0.2, 0) is 4.74 Å². The quantitative estimate of drug-likeness (QED) is 0.894. The van der Waals surface area contributed by atoms with Crippen LogP contribution in [0.25, 0.3) is 5.52 Å². The third-order valence-electron chi connectivity index (χ3n) is 3.61. The molecule has 1 unspecified atom stereocenters. The zero-order chi connectivity index (χ0) is 12.4. The number of ether oxygens (including phenoxy) is 1. The maximum absolute atomic E-state index is 10.3. The number of fused-ring (bicyclic) bond motifs is 1. The highest BCUT2D eigenvalue weighted by molar-refractivity contribution is 5.52. The smallest absolute Gasteiger partial charge is 0.0902 e. The first-order valence-corrected chi connectivity index (χ1v) is 6.37. The SMILES string of the molecule is OC(CC1CCOCC1)c1cnn2ccncc12. The molecule has 0 amide bonds. The Balaban J connectivity index is 1.76. The topological polar surface area (TPSA) is 59.7 Å². The van der Waals surface area contributed by atoms with Gasteiger partial charge in [-0.05, 0) is 25.2 Å². The van der Waals surface area contributed by atoms with Crippen LogP contribution in [0.15, 0.2) is 24.8 Å². The van der Waals surface area contributed by atoms with Gasteiger partial charge in [-0.3, -0.25) is 4.98 Å². The van der Waals surface area contributed by atoms with Crippen LogP contribution in [0, 0.1) is 5.92 Å². The first-order chi connectivity index (χ1) is 8.84. The van der Waals surface area contributed by atoms with Crippen molar-refractivity contribution >= 4 is 5.52 Å². The van der Waals surface area contributed by atoms with Crippen LogP contribution >= 0.6 is 0 Å². The van der Waals surface area contributed by atoms with Gasteiger partial charge in [0.05, 0.1) is 24.0 Å². The second kappa shape index (κ2) is 5.04. The highest BCUT2D eigenvalue weighted by Crippen LogP contribution is 2.29. The standard InChI is InChI=1S/C13H17N3O2/c17-13(7-10-1-5-18-6-2-10)11-8-15-16-4-3-14-9-12(11)16/h3-4,8-10,13,17H,1-2,5-7H2. The molecule has 1 atom stereocenters. The average Bonchev–Trinajstić information content (AvgIpc) is 2.84. The number of aromatic nitrogens is 3. The molecule has 1 aliphatic rings. The van der Waals surface area contributed by atoms with Crippen molar-refractivity contribution in [1.29, 1.82) is 0 Å². The highest BCUT2D eigenvalue weighted by atomic mass is 16.5. The van der Waals surface area contributed by atoms with E-state index in [9.17, 15) is 5.11 Å². The van der Waals surface area contributed by atoms with Crippen molar-refractivity contribution < 1.29 is 9.84 Å². The van der Waals surface area contributed by atoms with Crippen molar-refractivity contribution in [2.45, 2.75) is 25.4 Å². The van der Waals surface area contributed by atoms with E-state index < -0.39 is 6.10 Å². The number of rotatable bonds is 3. The summed E-state index contributed by atoms with van der Waals surface area (Å²) in [6.45, 7) is 1.63. The molecule has 0 radical (unpaired) electrons. The van der Waals surface area contributed by atoms with Gasteiger partial charge in [-0.2, -0.15) is 5.10 Å². The largest absolute Gasteiger partial charge is 0.388 e. The van der Waals surface area contributed by atoms with Crippen LogP contribution in [0.5, 0.6) is 0 Å². The Morgan fingerprint density at radius 3 is 3.06 bits per heavy atom. The minimum atomic E-state index is -0.463. The number of hydrogen-bond acceptors (Lipinski definition) is 4. The molecule has 0 saturated carbocycles. The lowest BCUT2D eigenvalue weighted by molar-refractivity contribution is 0.0438. The molecule has 1 N–H and O–H groups in total. The Labute approximate surface area is 105 Å². The van der Waals surface area contributed by atoms with Crippen molar-refractivity contribution in [3.63, 3.8) is 0 Å². The predicted molar refractivity (Wildman–Crippen MR) is 66.1 cm³/mol. The van der Waals surface area contributed by atoms with Crippen LogP contribution in [-0.4, -0.2) is 32.9 Å². The Hall–Kier alpha value is -1.46. The first-order valence-electron chi connectivity index (χ1n) is 6.37.